The van der Waals surface area contributed by atoms with E-state index in [1.165, 1.54) is 17.8 Å². The van der Waals surface area contributed by atoms with Crippen LogP contribution in [0.15, 0.2) is 36.4 Å². The molecule has 0 fully saturated rings. The van der Waals surface area contributed by atoms with Crippen molar-refractivity contribution in [2.45, 2.75) is 12.7 Å². The lowest BCUT2D eigenvalue weighted by molar-refractivity contribution is -0.385. The minimum absolute atomic E-state index is 0.0174. The minimum Gasteiger partial charge on any atom is -0.325 e. The van der Waals surface area contributed by atoms with E-state index in [2.05, 4.69) is 5.32 Å². The third kappa shape index (κ3) is 4.87. The van der Waals surface area contributed by atoms with Crippen LogP contribution < -0.4 is 5.32 Å². The normalized spacial score (nSPS) is 10.5. The van der Waals surface area contributed by atoms with Crippen molar-refractivity contribution in [1.82, 2.24) is 0 Å². The van der Waals surface area contributed by atoms with E-state index >= 15 is 0 Å². The van der Waals surface area contributed by atoms with Crippen molar-refractivity contribution >= 4 is 52.2 Å². The van der Waals surface area contributed by atoms with Crippen molar-refractivity contribution in [2.75, 3.05) is 11.1 Å². The van der Waals surface area contributed by atoms with E-state index in [4.69, 9.17) is 23.2 Å². The summed E-state index contributed by atoms with van der Waals surface area (Å²) in [6, 6.07) is 9.92. The Morgan fingerprint density at radius 3 is 2.67 bits per heavy atom. The summed E-state index contributed by atoms with van der Waals surface area (Å²) in [7, 11) is 0. The summed E-state index contributed by atoms with van der Waals surface area (Å²) in [6.07, 6.45) is 0. The Bertz CT molecular complexity index is 784. The fourth-order valence-corrected chi connectivity index (χ4v) is 3.13. The highest BCUT2D eigenvalue weighted by molar-refractivity contribution is 7.99. The maximum Gasteiger partial charge on any atom is 0.274 e. The van der Waals surface area contributed by atoms with Crippen molar-refractivity contribution in [2.24, 2.45) is 0 Å². The number of hydrogen-bond acceptors (Lipinski definition) is 4. The summed E-state index contributed by atoms with van der Waals surface area (Å²) in [4.78, 5) is 22.4. The fourth-order valence-electron chi connectivity index (χ4n) is 2.03. The van der Waals surface area contributed by atoms with Crippen molar-refractivity contribution < 1.29 is 9.72 Å². The Morgan fingerprint density at radius 1 is 1.25 bits per heavy atom. The number of rotatable bonds is 6. The van der Waals surface area contributed by atoms with Crippen LogP contribution in [0.4, 0.5) is 11.4 Å². The zero-order chi connectivity index (χ0) is 17.7. The van der Waals surface area contributed by atoms with Crippen LogP contribution >= 0.6 is 35.0 Å². The molecular formula is C16H14Cl2N2O3S. The summed E-state index contributed by atoms with van der Waals surface area (Å²) < 4.78 is 0. The third-order valence-corrected chi connectivity index (χ3v) is 5.00. The predicted octanol–water partition coefficient (Wildman–Crippen LogP) is 5.08. The molecule has 2 aromatic carbocycles. The molecule has 2 rings (SSSR count). The van der Waals surface area contributed by atoms with E-state index in [1.807, 2.05) is 6.07 Å². The number of nitro benzene ring substituents is 1. The lowest BCUT2D eigenvalue weighted by Crippen LogP contribution is -2.15. The van der Waals surface area contributed by atoms with Crippen molar-refractivity contribution in [3.63, 3.8) is 0 Å². The Balaban J connectivity index is 1.91. The molecule has 0 aliphatic heterocycles. The Kier molecular flexibility index (Phi) is 6.48. The van der Waals surface area contributed by atoms with Crippen LogP contribution in [0.2, 0.25) is 10.0 Å². The molecule has 0 saturated carbocycles. The first-order valence-corrected chi connectivity index (χ1v) is 8.85. The van der Waals surface area contributed by atoms with Crippen LogP contribution in [0.1, 0.15) is 11.1 Å². The van der Waals surface area contributed by atoms with E-state index in [-0.39, 0.29) is 17.3 Å². The zero-order valence-corrected chi connectivity index (χ0v) is 15.0. The fraction of sp³-hybridized carbons (Fsp3) is 0.188. The smallest absolute Gasteiger partial charge is 0.274 e. The molecule has 0 saturated heterocycles. The van der Waals surface area contributed by atoms with Gasteiger partial charge in [-0.15, -0.1) is 11.8 Å². The quantitative estimate of drug-likeness (QED) is 0.556. The van der Waals surface area contributed by atoms with Gasteiger partial charge in [0.15, 0.2) is 0 Å². The first kappa shape index (κ1) is 18.6. The Labute approximate surface area is 153 Å². The van der Waals surface area contributed by atoms with Crippen molar-refractivity contribution in [3.05, 3.63) is 67.7 Å². The average molecular weight is 385 g/mol. The predicted molar refractivity (Wildman–Crippen MR) is 99.1 cm³/mol. The van der Waals surface area contributed by atoms with Gasteiger partial charge in [0.2, 0.25) is 5.91 Å². The molecule has 5 nitrogen and oxygen atoms in total. The number of halogens is 2. The largest absolute Gasteiger partial charge is 0.325 e. The molecule has 8 heteroatoms. The molecule has 1 amide bonds. The third-order valence-electron chi connectivity index (χ3n) is 3.26. The van der Waals surface area contributed by atoms with Gasteiger partial charge < -0.3 is 5.32 Å². The number of thioether (sulfide) groups is 1. The molecule has 0 heterocycles. The molecule has 1 N–H and O–H groups in total. The molecule has 0 atom stereocenters. The number of amides is 1. The van der Waals surface area contributed by atoms with Crippen LogP contribution in [0.25, 0.3) is 0 Å². The molecule has 0 unspecified atom stereocenters. The van der Waals surface area contributed by atoms with Crippen LogP contribution in [0.3, 0.4) is 0 Å². The second-order valence-electron chi connectivity index (χ2n) is 5.00. The Hall–Kier alpha value is -1.76. The van der Waals surface area contributed by atoms with Gasteiger partial charge in [-0.25, -0.2) is 0 Å². The highest BCUT2D eigenvalue weighted by Gasteiger charge is 2.14. The van der Waals surface area contributed by atoms with Gasteiger partial charge in [0.1, 0.15) is 0 Å². The van der Waals surface area contributed by atoms with Gasteiger partial charge in [-0.05, 0) is 30.7 Å². The van der Waals surface area contributed by atoms with E-state index < -0.39 is 4.92 Å². The van der Waals surface area contributed by atoms with Gasteiger partial charge in [-0.1, -0.05) is 35.3 Å². The number of carbonyl (C=O) groups is 1. The maximum absolute atomic E-state index is 12.0. The summed E-state index contributed by atoms with van der Waals surface area (Å²) in [5, 5.41) is 14.6. The molecule has 126 valence electrons. The number of nitrogens with zero attached hydrogens (tertiary/aromatic N) is 1. The van der Waals surface area contributed by atoms with Gasteiger partial charge in [0.05, 0.1) is 32.0 Å². The molecule has 2 aromatic rings. The van der Waals surface area contributed by atoms with E-state index in [0.717, 1.165) is 5.56 Å². The summed E-state index contributed by atoms with van der Waals surface area (Å²) >= 11 is 13.2. The zero-order valence-electron chi connectivity index (χ0n) is 12.7. The maximum atomic E-state index is 12.0. The van der Waals surface area contributed by atoms with Crippen LogP contribution in [-0.4, -0.2) is 16.6 Å². The summed E-state index contributed by atoms with van der Waals surface area (Å²) in [5.41, 5.74) is 1.83. The molecule has 0 aliphatic carbocycles. The highest BCUT2D eigenvalue weighted by Crippen LogP contribution is 2.26. The number of benzene rings is 2. The summed E-state index contributed by atoms with van der Waals surface area (Å²) in [5.74, 6) is 0.615. The van der Waals surface area contributed by atoms with Crippen molar-refractivity contribution in [3.8, 4) is 0 Å². The number of hydrogen-bond donors (Lipinski definition) is 1. The topological polar surface area (TPSA) is 72.2 Å². The second-order valence-corrected chi connectivity index (χ2v) is 6.80. The minimum atomic E-state index is -0.468. The lowest BCUT2D eigenvalue weighted by Gasteiger charge is -2.08. The van der Waals surface area contributed by atoms with Gasteiger partial charge >= 0.3 is 0 Å². The van der Waals surface area contributed by atoms with Crippen LogP contribution in [0, 0.1) is 17.0 Å². The summed E-state index contributed by atoms with van der Waals surface area (Å²) in [6.45, 7) is 1.61. The molecule has 0 bridgehead atoms. The molecular weight excluding hydrogens is 371 g/mol. The number of anilines is 1. The molecule has 0 aromatic heterocycles. The molecule has 0 radical (unpaired) electrons. The van der Waals surface area contributed by atoms with Gasteiger partial charge in [0, 0.05) is 11.8 Å². The van der Waals surface area contributed by atoms with Gasteiger partial charge in [-0.3, -0.25) is 14.9 Å². The first-order valence-electron chi connectivity index (χ1n) is 6.94. The number of carbonyl (C=O) groups excluding carboxylic acids is 1. The highest BCUT2D eigenvalue weighted by atomic mass is 35.5. The average Bonchev–Trinajstić information content (AvgIpc) is 2.52. The van der Waals surface area contributed by atoms with E-state index in [1.54, 1.807) is 31.2 Å². The van der Waals surface area contributed by atoms with Gasteiger partial charge in [0.25, 0.3) is 5.69 Å². The van der Waals surface area contributed by atoms with Crippen molar-refractivity contribution in [1.29, 1.82) is 0 Å². The second kappa shape index (κ2) is 8.37. The lowest BCUT2D eigenvalue weighted by atomic mass is 10.1. The van der Waals surface area contributed by atoms with Gasteiger partial charge in [-0.2, -0.15) is 0 Å². The standard InChI is InChI=1S/C16H14Cl2N2O3S/c1-10-14(3-2-4-15(10)20(22)23)19-16(21)9-24-8-11-5-6-12(17)13(18)7-11/h2-7H,8-9H2,1H3,(H,19,21). The number of nitro groups is 1. The first-order chi connectivity index (χ1) is 11.4. The van der Waals surface area contributed by atoms with Crippen LogP contribution in [-0.2, 0) is 10.5 Å². The molecule has 0 spiro atoms. The SMILES string of the molecule is Cc1c(NC(=O)CSCc2ccc(Cl)c(Cl)c2)cccc1[N+](=O)[O-]. The molecule has 0 aliphatic rings. The molecule has 24 heavy (non-hydrogen) atoms. The van der Waals surface area contributed by atoms with Crippen LogP contribution in [0.5, 0.6) is 0 Å². The van der Waals surface area contributed by atoms with E-state index in [9.17, 15) is 14.9 Å². The monoisotopic (exact) mass is 384 g/mol. The van der Waals surface area contributed by atoms with E-state index in [0.29, 0.717) is 27.0 Å². The number of nitrogens with one attached hydrogen (secondary N) is 1. The Morgan fingerprint density at radius 2 is 2.00 bits per heavy atom.